The molecule has 3 nitrogen and oxygen atoms in total. The lowest BCUT2D eigenvalue weighted by molar-refractivity contribution is 0.100. The van der Waals surface area contributed by atoms with Crippen LogP contribution in [0.15, 0.2) is 18.2 Å². The number of aryl methyl sites for hydroxylation is 1. The fraction of sp³-hybridized carbons (Fsp3) is 0.467. The van der Waals surface area contributed by atoms with E-state index in [2.05, 4.69) is 18.8 Å². The van der Waals surface area contributed by atoms with Crippen LogP contribution in [0, 0.1) is 18.8 Å². The van der Waals surface area contributed by atoms with Crippen molar-refractivity contribution in [2.75, 3.05) is 26.4 Å². The molecule has 1 aromatic rings. The van der Waals surface area contributed by atoms with Gasteiger partial charge in [0.05, 0.1) is 12.2 Å². The summed E-state index contributed by atoms with van der Waals surface area (Å²) < 4.78 is 11.0. The van der Waals surface area contributed by atoms with Crippen molar-refractivity contribution in [2.45, 2.75) is 20.3 Å². The van der Waals surface area contributed by atoms with Gasteiger partial charge in [0.1, 0.15) is 19.0 Å². The minimum absolute atomic E-state index is 0.146. The highest BCUT2D eigenvalue weighted by Gasteiger charge is 2.01. The minimum atomic E-state index is -0.146. The van der Waals surface area contributed by atoms with Gasteiger partial charge in [0.25, 0.3) is 0 Å². The van der Waals surface area contributed by atoms with Crippen LogP contribution in [-0.2, 0) is 4.74 Å². The molecule has 0 unspecified atom stereocenters. The van der Waals surface area contributed by atoms with E-state index < -0.39 is 0 Å². The van der Waals surface area contributed by atoms with E-state index in [0.29, 0.717) is 13.2 Å². The second-order valence-electron chi connectivity index (χ2n) is 3.92. The number of benzene rings is 1. The first-order chi connectivity index (χ1) is 8.77. The average molecular weight is 248 g/mol. The maximum absolute atomic E-state index is 8.73. The number of hydrogen-bond donors (Lipinski definition) is 1. The summed E-state index contributed by atoms with van der Waals surface area (Å²) in [5.74, 6) is 6.26. The molecule has 0 saturated carbocycles. The van der Waals surface area contributed by atoms with Crippen LogP contribution in [0.5, 0.6) is 5.75 Å². The summed E-state index contributed by atoms with van der Waals surface area (Å²) in [4.78, 5) is 0. The van der Waals surface area contributed by atoms with Crippen molar-refractivity contribution in [3.63, 3.8) is 0 Å². The largest absolute Gasteiger partial charge is 0.490 e. The van der Waals surface area contributed by atoms with E-state index in [1.54, 1.807) is 0 Å². The summed E-state index contributed by atoms with van der Waals surface area (Å²) in [6, 6.07) is 5.83. The molecule has 0 bridgehead atoms. The first kappa shape index (κ1) is 14.6. The Balaban J connectivity index is 2.58. The molecule has 0 amide bonds. The maximum atomic E-state index is 8.73. The molecule has 0 fully saturated rings. The zero-order chi connectivity index (χ0) is 13.2. The molecule has 3 heteroatoms. The summed E-state index contributed by atoms with van der Waals surface area (Å²) in [6.07, 6.45) is 1.01. The standard InChI is InChI=1S/C15H20O3/c1-3-9-17-10-11-18-15-7-6-13(2)12-14(15)5-4-8-16/h6-7,12,16H,3,8-11H2,1-2H3. The SMILES string of the molecule is CCCOCCOc1ccc(C)cc1C#CCO. The fourth-order valence-electron chi connectivity index (χ4n) is 1.46. The van der Waals surface area contributed by atoms with Gasteiger partial charge in [0, 0.05) is 6.61 Å². The van der Waals surface area contributed by atoms with Crippen molar-refractivity contribution in [1.29, 1.82) is 0 Å². The number of aliphatic hydroxyl groups is 1. The Morgan fingerprint density at radius 2 is 2.06 bits per heavy atom. The second-order valence-corrected chi connectivity index (χ2v) is 3.92. The molecule has 18 heavy (non-hydrogen) atoms. The van der Waals surface area contributed by atoms with Crippen LogP contribution in [0.4, 0.5) is 0 Å². The Labute approximate surface area is 109 Å². The highest BCUT2D eigenvalue weighted by atomic mass is 16.5. The van der Waals surface area contributed by atoms with Crippen LogP contribution in [0.25, 0.3) is 0 Å². The summed E-state index contributed by atoms with van der Waals surface area (Å²) in [5.41, 5.74) is 1.92. The van der Waals surface area contributed by atoms with Gasteiger partial charge in [-0.2, -0.15) is 0 Å². The first-order valence-electron chi connectivity index (χ1n) is 6.19. The van der Waals surface area contributed by atoms with E-state index >= 15 is 0 Å². The Kier molecular flexibility index (Phi) is 6.93. The zero-order valence-electron chi connectivity index (χ0n) is 11.0. The summed E-state index contributed by atoms with van der Waals surface area (Å²) in [6.45, 7) is 5.77. The monoisotopic (exact) mass is 248 g/mol. The minimum Gasteiger partial charge on any atom is -0.490 e. The normalized spacial score (nSPS) is 9.72. The van der Waals surface area contributed by atoms with E-state index in [0.717, 1.165) is 29.9 Å². The summed E-state index contributed by atoms with van der Waals surface area (Å²) >= 11 is 0. The smallest absolute Gasteiger partial charge is 0.135 e. The van der Waals surface area contributed by atoms with Crippen LogP contribution < -0.4 is 4.74 Å². The molecule has 98 valence electrons. The van der Waals surface area contributed by atoms with E-state index in [1.165, 1.54) is 0 Å². The maximum Gasteiger partial charge on any atom is 0.135 e. The molecule has 1 N–H and O–H groups in total. The van der Waals surface area contributed by atoms with Gasteiger partial charge < -0.3 is 14.6 Å². The van der Waals surface area contributed by atoms with E-state index in [9.17, 15) is 0 Å². The van der Waals surface area contributed by atoms with Crippen LogP contribution in [0.2, 0.25) is 0 Å². The molecule has 0 aliphatic carbocycles. The highest BCUT2D eigenvalue weighted by molar-refractivity contribution is 5.48. The van der Waals surface area contributed by atoms with Crippen molar-refractivity contribution in [1.82, 2.24) is 0 Å². The fourth-order valence-corrected chi connectivity index (χ4v) is 1.46. The molecular weight excluding hydrogens is 228 g/mol. The molecule has 0 atom stereocenters. The quantitative estimate of drug-likeness (QED) is 0.619. The van der Waals surface area contributed by atoms with Crippen molar-refractivity contribution in [2.24, 2.45) is 0 Å². The Bertz CT molecular complexity index is 415. The van der Waals surface area contributed by atoms with E-state index in [4.69, 9.17) is 14.6 Å². The molecule has 0 aliphatic rings. The predicted octanol–water partition coefficient (Wildman–Crippen LogP) is 2.14. The van der Waals surface area contributed by atoms with Gasteiger partial charge >= 0.3 is 0 Å². The molecule has 0 aliphatic heterocycles. The van der Waals surface area contributed by atoms with Crippen LogP contribution in [0.1, 0.15) is 24.5 Å². The molecule has 0 aromatic heterocycles. The zero-order valence-corrected chi connectivity index (χ0v) is 11.0. The van der Waals surface area contributed by atoms with Gasteiger partial charge in [0.2, 0.25) is 0 Å². The van der Waals surface area contributed by atoms with Crippen molar-refractivity contribution in [3.8, 4) is 17.6 Å². The van der Waals surface area contributed by atoms with Gasteiger partial charge in [0.15, 0.2) is 0 Å². The third kappa shape index (κ3) is 5.22. The molecule has 0 heterocycles. The summed E-state index contributed by atoms with van der Waals surface area (Å²) in [5, 5.41) is 8.73. The lowest BCUT2D eigenvalue weighted by Gasteiger charge is -2.09. The van der Waals surface area contributed by atoms with Gasteiger partial charge in [-0.3, -0.25) is 0 Å². The van der Waals surface area contributed by atoms with E-state index in [-0.39, 0.29) is 6.61 Å². The van der Waals surface area contributed by atoms with Crippen molar-refractivity contribution in [3.05, 3.63) is 29.3 Å². The second kappa shape index (κ2) is 8.57. The summed E-state index contributed by atoms with van der Waals surface area (Å²) in [7, 11) is 0. The number of aliphatic hydroxyl groups excluding tert-OH is 1. The number of hydrogen-bond acceptors (Lipinski definition) is 3. The molecule has 1 rings (SSSR count). The molecular formula is C15H20O3. The number of rotatable bonds is 6. The van der Waals surface area contributed by atoms with E-state index in [1.807, 2.05) is 25.1 Å². The molecule has 1 aromatic carbocycles. The molecule has 0 saturated heterocycles. The Hall–Kier alpha value is -1.50. The lowest BCUT2D eigenvalue weighted by atomic mass is 10.1. The van der Waals surface area contributed by atoms with Gasteiger partial charge in [-0.05, 0) is 31.0 Å². The third-order valence-corrected chi connectivity index (χ3v) is 2.27. The lowest BCUT2D eigenvalue weighted by Crippen LogP contribution is -2.08. The topological polar surface area (TPSA) is 38.7 Å². The molecule has 0 spiro atoms. The number of ether oxygens (including phenoxy) is 2. The van der Waals surface area contributed by atoms with Gasteiger partial charge in [-0.25, -0.2) is 0 Å². The van der Waals surface area contributed by atoms with Crippen LogP contribution >= 0.6 is 0 Å². The predicted molar refractivity (Wildman–Crippen MR) is 71.7 cm³/mol. The first-order valence-corrected chi connectivity index (χ1v) is 6.19. The van der Waals surface area contributed by atoms with Crippen molar-refractivity contribution >= 4 is 0 Å². The highest BCUT2D eigenvalue weighted by Crippen LogP contribution is 2.18. The van der Waals surface area contributed by atoms with Gasteiger partial charge in [-0.15, -0.1) is 0 Å². The van der Waals surface area contributed by atoms with Gasteiger partial charge in [-0.1, -0.05) is 24.8 Å². The molecule has 0 radical (unpaired) electrons. The van der Waals surface area contributed by atoms with Crippen LogP contribution in [-0.4, -0.2) is 31.5 Å². The third-order valence-electron chi connectivity index (χ3n) is 2.27. The van der Waals surface area contributed by atoms with Crippen LogP contribution in [0.3, 0.4) is 0 Å². The van der Waals surface area contributed by atoms with Crippen molar-refractivity contribution < 1.29 is 14.6 Å². The Morgan fingerprint density at radius 1 is 1.22 bits per heavy atom. The Morgan fingerprint density at radius 3 is 2.78 bits per heavy atom. The average Bonchev–Trinajstić information content (AvgIpc) is 2.38.